The van der Waals surface area contributed by atoms with Crippen molar-refractivity contribution in [2.45, 2.75) is 26.7 Å². The molecule has 3 rings (SSSR count). The van der Waals surface area contributed by atoms with Crippen molar-refractivity contribution in [3.8, 4) is 17.2 Å². The van der Waals surface area contributed by atoms with Gasteiger partial charge in [-0.15, -0.1) is 0 Å². The van der Waals surface area contributed by atoms with E-state index in [1.807, 2.05) is 44.2 Å². The molecule has 0 fully saturated rings. The molecule has 0 saturated heterocycles. The van der Waals surface area contributed by atoms with Gasteiger partial charge in [0, 0.05) is 12.5 Å². The highest BCUT2D eigenvalue weighted by molar-refractivity contribution is 5.92. The smallest absolute Gasteiger partial charge is 0.224 e. The molecule has 5 nitrogen and oxygen atoms in total. The van der Waals surface area contributed by atoms with Gasteiger partial charge < -0.3 is 20.9 Å². The minimum absolute atomic E-state index is 0.0182. The van der Waals surface area contributed by atoms with Crippen LogP contribution in [-0.4, -0.2) is 11.0 Å². The molecule has 0 aliphatic carbocycles. The predicted molar refractivity (Wildman–Crippen MR) is 110 cm³/mol. The molecular formula is C23H23N2O3. The van der Waals surface area contributed by atoms with Crippen LogP contribution in [0.15, 0.2) is 60.7 Å². The Bertz CT molecular complexity index is 961. The van der Waals surface area contributed by atoms with Crippen molar-refractivity contribution in [1.29, 1.82) is 0 Å². The summed E-state index contributed by atoms with van der Waals surface area (Å²) < 4.78 is 5.96. The minimum Gasteiger partial charge on any atom is -0.506 e. The number of rotatable bonds is 6. The summed E-state index contributed by atoms with van der Waals surface area (Å²) in [5, 5.41) is 12.8. The fourth-order valence-electron chi connectivity index (χ4n) is 3.02. The Hall–Kier alpha value is -3.47. The number of nitrogens with one attached hydrogen (secondary N) is 2. The molecular weight excluding hydrogens is 352 g/mol. The molecule has 0 heterocycles. The summed E-state index contributed by atoms with van der Waals surface area (Å²) in [4.78, 5) is 12.3. The summed E-state index contributed by atoms with van der Waals surface area (Å²) in [6.07, 6.45) is 0.944. The maximum Gasteiger partial charge on any atom is 0.224 e. The third kappa shape index (κ3) is 4.82. The van der Waals surface area contributed by atoms with E-state index in [1.54, 1.807) is 24.3 Å². The van der Waals surface area contributed by atoms with E-state index in [0.717, 1.165) is 16.7 Å². The van der Waals surface area contributed by atoms with Gasteiger partial charge >= 0.3 is 0 Å². The van der Waals surface area contributed by atoms with Gasteiger partial charge in [0.25, 0.3) is 0 Å². The van der Waals surface area contributed by atoms with Gasteiger partial charge in [0.1, 0.15) is 17.2 Å². The average molecular weight is 375 g/mol. The van der Waals surface area contributed by atoms with Crippen LogP contribution in [0.25, 0.3) is 0 Å². The van der Waals surface area contributed by atoms with E-state index in [4.69, 9.17) is 10.5 Å². The first-order valence-corrected chi connectivity index (χ1v) is 9.10. The summed E-state index contributed by atoms with van der Waals surface area (Å²) in [5.41, 5.74) is 11.3. The fraction of sp³-hybridized carbons (Fsp3) is 0.174. The van der Waals surface area contributed by atoms with Crippen molar-refractivity contribution in [2.75, 3.05) is 5.32 Å². The summed E-state index contributed by atoms with van der Waals surface area (Å²) in [6.45, 7) is 3.76. The number of phenolic OH excluding ortho intramolecular Hbond substituents is 1. The van der Waals surface area contributed by atoms with Crippen LogP contribution in [-0.2, 0) is 11.2 Å². The topological polar surface area (TPSA) is 82.4 Å². The van der Waals surface area contributed by atoms with E-state index in [-0.39, 0.29) is 11.7 Å². The van der Waals surface area contributed by atoms with Crippen molar-refractivity contribution in [1.82, 2.24) is 5.73 Å². The standard InChI is InChI=1S/C23H23N2O3/c1-15-12-18(24)13-16(2)23(15)28-19-9-10-21(26)20(14-19)25-22(27)11-8-17-6-4-3-5-7-17/h3-7,9-10,12-14,24,26H,8,11H2,1-2H3,(H,25,27). The van der Waals surface area contributed by atoms with Gasteiger partial charge in [-0.1, -0.05) is 30.3 Å². The number of anilines is 1. The molecule has 0 aliphatic rings. The number of carbonyl (C=O) groups excluding carboxylic acids is 1. The summed E-state index contributed by atoms with van der Waals surface area (Å²) in [5.74, 6) is 0.973. The number of aromatic hydroxyl groups is 1. The van der Waals surface area contributed by atoms with Crippen LogP contribution in [0.2, 0.25) is 0 Å². The van der Waals surface area contributed by atoms with Crippen LogP contribution >= 0.6 is 0 Å². The van der Waals surface area contributed by atoms with Crippen molar-refractivity contribution < 1.29 is 14.6 Å². The lowest BCUT2D eigenvalue weighted by Crippen LogP contribution is -2.12. The third-order valence-corrected chi connectivity index (χ3v) is 4.41. The number of aryl methyl sites for hydroxylation is 3. The molecule has 0 spiro atoms. The quantitative estimate of drug-likeness (QED) is 0.575. The fourth-order valence-corrected chi connectivity index (χ4v) is 3.02. The van der Waals surface area contributed by atoms with Crippen LogP contribution < -0.4 is 15.8 Å². The third-order valence-electron chi connectivity index (χ3n) is 4.41. The van der Waals surface area contributed by atoms with Crippen molar-refractivity contribution >= 4 is 17.3 Å². The molecule has 5 heteroatoms. The summed E-state index contributed by atoms with van der Waals surface area (Å²) in [7, 11) is 0. The summed E-state index contributed by atoms with van der Waals surface area (Å²) >= 11 is 0. The van der Waals surface area contributed by atoms with Crippen LogP contribution in [0.5, 0.6) is 17.2 Å². The minimum atomic E-state index is -0.178. The van der Waals surface area contributed by atoms with E-state index in [1.165, 1.54) is 6.07 Å². The van der Waals surface area contributed by atoms with Gasteiger partial charge in [0.2, 0.25) is 5.91 Å². The largest absolute Gasteiger partial charge is 0.506 e. The first-order valence-electron chi connectivity index (χ1n) is 9.10. The Kier molecular flexibility index (Phi) is 5.84. The number of amides is 1. The first kappa shape index (κ1) is 19.3. The SMILES string of the molecule is Cc1cc([NH])cc(C)c1Oc1ccc(O)c(NC(=O)CCc2ccccc2)c1. The first-order chi connectivity index (χ1) is 13.4. The molecule has 0 aromatic heterocycles. The monoisotopic (exact) mass is 375 g/mol. The average Bonchev–Trinajstić information content (AvgIpc) is 2.66. The van der Waals surface area contributed by atoms with Crippen LogP contribution in [0.3, 0.4) is 0 Å². The van der Waals surface area contributed by atoms with Gasteiger partial charge in [-0.05, 0) is 61.2 Å². The second-order valence-corrected chi connectivity index (χ2v) is 6.75. The highest BCUT2D eigenvalue weighted by atomic mass is 16.5. The molecule has 3 N–H and O–H groups in total. The van der Waals surface area contributed by atoms with Crippen LogP contribution in [0.1, 0.15) is 23.1 Å². The van der Waals surface area contributed by atoms with E-state index in [2.05, 4.69) is 5.32 Å². The van der Waals surface area contributed by atoms with Crippen molar-refractivity contribution in [2.24, 2.45) is 0 Å². The Morgan fingerprint density at radius 2 is 1.71 bits per heavy atom. The van der Waals surface area contributed by atoms with E-state index < -0.39 is 0 Å². The molecule has 1 amide bonds. The molecule has 143 valence electrons. The molecule has 1 radical (unpaired) electrons. The molecule has 3 aromatic rings. The number of phenols is 1. The van der Waals surface area contributed by atoms with Gasteiger partial charge in [-0.3, -0.25) is 4.79 Å². The summed E-state index contributed by atoms with van der Waals surface area (Å²) in [6, 6.07) is 18.0. The van der Waals surface area contributed by atoms with Crippen LogP contribution in [0, 0.1) is 13.8 Å². The Labute approximate surface area is 164 Å². The molecule has 0 unspecified atom stereocenters. The number of carbonyl (C=O) groups is 1. The number of hydrogen-bond donors (Lipinski definition) is 2. The highest BCUT2D eigenvalue weighted by Gasteiger charge is 2.11. The highest BCUT2D eigenvalue weighted by Crippen LogP contribution is 2.34. The van der Waals surface area contributed by atoms with E-state index in [0.29, 0.717) is 35.7 Å². The molecule has 28 heavy (non-hydrogen) atoms. The number of ether oxygens (including phenoxy) is 1. The van der Waals surface area contributed by atoms with Crippen LogP contribution in [0.4, 0.5) is 11.4 Å². The van der Waals surface area contributed by atoms with Gasteiger partial charge in [-0.25, -0.2) is 0 Å². The van der Waals surface area contributed by atoms with Gasteiger partial charge in [0.05, 0.1) is 11.4 Å². The van der Waals surface area contributed by atoms with E-state index in [9.17, 15) is 9.90 Å². The van der Waals surface area contributed by atoms with E-state index >= 15 is 0 Å². The maximum atomic E-state index is 12.3. The molecule has 3 aromatic carbocycles. The Morgan fingerprint density at radius 3 is 2.39 bits per heavy atom. The zero-order chi connectivity index (χ0) is 20.1. The normalized spacial score (nSPS) is 10.5. The van der Waals surface area contributed by atoms with Gasteiger partial charge in [0.15, 0.2) is 0 Å². The molecule has 0 atom stereocenters. The Morgan fingerprint density at radius 1 is 1.04 bits per heavy atom. The lowest BCUT2D eigenvalue weighted by molar-refractivity contribution is -0.116. The lowest BCUT2D eigenvalue weighted by atomic mass is 10.1. The zero-order valence-electron chi connectivity index (χ0n) is 16.0. The molecule has 0 bridgehead atoms. The van der Waals surface area contributed by atoms with Crippen molar-refractivity contribution in [3.63, 3.8) is 0 Å². The molecule has 0 aliphatic heterocycles. The maximum absolute atomic E-state index is 12.3. The van der Waals surface area contributed by atoms with Crippen molar-refractivity contribution in [3.05, 3.63) is 77.4 Å². The zero-order valence-corrected chi connectivity index (χ0v) is 16.0. The molecule has 0 saturated carbocycles. The van der Waals surface area contributed by atoms with Gasteiger partial charge in [-0.2, -0.15) is 0 Å². The second-order valence-electron chi connectivity index (χ2n) is 6.75. The predicted octanol–water partition coefficient (Wildman–Crippen LogP) is 5.29. The number of benzene rings is 3. The Balaban J connectivity index is 1.70. The number of hydrogen-bond acceptors (Lipinski definition) is 3. The lowest BCUT2D eigenvalue weighted by Gasteiger charge is -2.14. The second kappa shape index (κ2) is 8.48.